The van der Waals surface area contributed by atoms with Gasteiger partial charge in [0.15, 0.2) is 0 Å². The average molecular weight is 264 g/mol. The molecule has 1 unspecified atom stereocenters. The number of carbonyl (C=O) groups is 1. The fourth-order valence-corrected chi connectivity index (χ4v) is 1.88. The number of aryl methyl sites for hydroxylation is 1. The second-order valence-electron chi connectivity index (χ2n) is 5.24. The van der Waals surface area contributed by atoms with E-state index in [0.717, 1.165) is 11.3 Å². The molecule has 0 aliphatic heterocycles. The number of aliphatic hydroxyl groups is 1. The Hall–Kier alpha value is -1.39. The van der Waals surface area contributed by atoms with Gasteiger partial charge in [0, 0.05) is 18.3 Å². The summed E-state index contributed by atoms with van der Waals surface area (Å²) >= 11 is 0. The van der Waals surface area contributed by atoms with Gasteiger partial charge in [0.05, 0.1) is 12.6 Å². The van der Waals surface area contributed by atoms with E-state index in [0.29, 0.717) is 6.54 Å². The predicted molar refractivity (Wildman–Crippen MR) is 78.2 cm³/mol. The molecule has 0 fully saturated rings. The van der Waals surface area contributed by atoms with Crippen molar-refractivity contribution in [1.29, 1.82) is 0 Å². The maximum absolute atomic E-state index is 12.0. The minimum atomic E-state index is -0.436. The summed E-state index contributed by atoms with van der Waals surface area (Å²) in [5.74, 6) is -0.0522. The molecule has 0 bridgehead atoms. The normalized spacial score (nSPS) is 12.8. The quantitative estimate of drug-likeness (QED) is 0.826. The molecule has 0 radical (unpaired) electrons. The zero-order valence-electron chi connectivity index (χ0n) is 12.2. The molecule has 1 aromatic rings. The molecule has 0 spiro atoms. The van der Waals surface area contributed by atoms with Crippen molar-refractivity contribution in [3.05, 3.63) is 29.8 Å². The van der Waals surface area contributed by atoms with Crippen LogP contribution in [0.4, 0.5) is 5.69 Å². The lowest BCUT2D eigenvalue weighted by Crippen LogP contribution is -2.41. The van der Waals surface area contributed by atoms with Crippen molar-refractivity contribution in [3.8, 4) is 0 Å². The monoisotopic (exact) mass is 264 g/mol. The van der Waals surface area contributed by atoms with E-state index in [2.05, 4.69) is 5.32 Å². The molecule has 1 rings (SSSR count). The van der Waals surface area contributed by atoms with Crippen molar-refractivity contribution in [2.45, 2.75) is 39.8 Å². The molecule has 0 heterocycles. The van der Waals surface area contributed by atoms with E-state index in [-0.39, 0.29) is 18.5 Å². The van der Waals surface area contributed by atoms with Crippen molar-refractivity contribution in [2.75, 3.05) is 18.4 Å². The first kappa shape index (κ1) is 15.7. The fourth-order valence-electron chi connectivity index (χ4n) is 1.88. The Labute approximate surface area is 115 Å². The molecule has 0 aliphatic carbocycles. The van der Waals surface area contributed by atoms with Crippen LogP contribution in [-0.4, -0.2) is 41.1 Å². The highest BCUT2D eigenvalue weighted by molar-refractivity contribution is 5.92. The van der Waals surface area contributed by atoms with Gasteiger partial charge in [-0.3, -0.25) is 9.69 Å². The summed E-state index contributed by atoms with van der Waals surface area (Å²) in [6.45, 7) is 8.52. The summed E-state index contributed by atoms with van der Waals surface area (Å²) in [5, 5.41) is 12.4. The number of para-hydroxylation sites is 1. The lowest BCUT2D eigenvalue weighted by Gasteiger charge is -2.27. The van der Waals surface area contributed by atoms with Crippen LogP contribution in [-0.2, 0) is 4.79 Å². The van der Waals surface area contributed by atoms with Gasteiger partial charge < -0.3 is 10.4 Å². The van der Waals surface area contributed by atoms with E-state index in [1.165, 1.54) is 0 Å². The highest BCUT2D eigenvalue weighted by atomic mass is 16.3. The van der Waals surface area contributed by atoms with E-state index in [9.17, 15) is 9.90 Å². The maximum atomic E-state index is 12.0. The SMILES string of the molecule is Cc1ccccc1NC(=O)CN(CC(C)O)C(C)C. The van der Waals surface area contributed by atoms with Gasteiger partial charge in [-0.25, -0.2) is 0 Å². The van der Waals surface area contributed by atoms with Gasteiger partial charge in [-0.15, -0.1) is 0 Å². The van der Waals surface area contributed by atoms with E-state index in [1.807, 2.05) is 49.9 Å². The molecule has 19 heavy (non-hydrogen) atoms. The number of anilines is 1. The molecule has 2 N–H and O–H groups in total. The van der Waals surface area contributed by atoms with E-state index < -0.39 is 6.10 Å². The molecule has 4 nitrogen and oxygen atoms in total. The lowest BCUT2D eigenvalue weighted by atomic mass is 10.2. The van der Waals surface area contributed by atoms with Gasteiger partial charge in [0.1, 0.15) is 0 Å². The number of nitrogens with zero attached hydrogens (tertiary/aromatic N) is 1. The predicted octanol–water partition coefficient (Wildman–Crippen LogP) is 2.02. The molecule has 0 saturated carbocycles. The summed E-state index contributed by atoms with van der Waals surface area (Å²) in [7, 11) is 0. The summed E-state index contributed by atoms with van der Waals surface area (Å²) in [4.78, 5) is 14.0. The van der Waals surface area contributed by atoms with Gasteiger partial charge in [0.2, 0.25) is 5.91 Å². The second kappa shape index (κ2) is 7.26. The number of nitrogens with one attached hydrogen (secondary N) is 1. The van der Waals surface area contributed by atoms with Crippen molar-refractivity contribution in [2.24, 2.45) is 0 Å². The van der Waals surface area contributed by atoms with Crippen LogP contribution in [0.2, 0.25) is 0 Å². The first-order valence-corrected chi connectivity index (χ1v) is 6.67. The first-order valence-electron chi connectivity index (χ1n) is 6.67. The Morgan fingerprint density at radius 3 is 2.47 bits per heavy atom. The molecule has 1 atom stereocenters. The Balaban J connectivity index is 2.60. The largest absolute Gasteiger partial charge is 0.392 e. The Kier molecular flexibility index (Phi) is 5.99. The summed E-state index contributed by atoms with van der Waals surface area (Å²) in [5.41, 5.74) is 1.88. The molecular weight excluding hydrogens is 240 g/mol. The molecule has 0 saturated heterocycles. The molecule has 106 valence electrons. The number of carbonyl (C=O) groups excluding carboxylic acids is 1. The Bertz CT molecular complexity index is 416. The zero-order valence-corrected chi connectivity index (χ0v) is 12.2. The molecule has 1 amide bonds. The number of hydrogen-bond acceptors (Lipinski definition) is 3. The van der Waals surface area contributed by atoms with Gasteiger partial charge in [0.25, 0.3) is 0 Å². The van der Waals surface area contributed by atoms with Crippen LogP contribution in [0.3, 0.4) is 0 Å². The molecular formula is C15H24N2O2. The minimum absolute atomic E-state index is 0.0522. The highest BCUT2D eigenvalue weighted by Gasteiger charge is 2.16. The van der Waals surface area contributed by atoms with Gasteiger partial charge in [-0.2, -0.15) is 0 Å². The molecule has 0 aliphatic rings. The maximum Gasteiger partial charge on any atom is 0.238 e. The first-order chi connectivity index (χ1) is 8.90. The number of benzene rings is 1. The standard InChI is InChI=1S/C15H24N2O2/c1-11(2)17(9-13(4)18)10-15(19)16-14-8-6-5-7-12(14)3/h5-8,11,13,18H,9-10H2,1-4H3,(H,16,19). The second-order valence-corrected chi connectivity index (χ2v) is 5.24. The van der Waals surface area contributed by atoms with Crippen LogP contribution in [0.15, 0.2) is 24.3 Å². The van der Waals surface area contributed by atoms with Crippen molar-refractivity contribution in [3.63, 3.8) is 0 Å². The van der Waals surface area contributed by atoms with Gasteiger partial charge in [-0.05, 0) is 39.3 Å². The van der Waals surface area contributed by atoms with E-state index in [4.69, 9.17) is 0 Å². The summed E-state index contributed by atoms with van der Waals surface area (Å²) < 4.78 is 0. The number of hydrogen-bond donors (Lipinski definition) is 2. The molecule has 4 heteroatoms. The average Bonchev–Trinajstić information content (AvgIpc) is 2.30. The Morgan fingerprint density at radius 1 is 1.32 bits per heavy atom. The van der Waals surface area contributed by atoms with Crippen LogP contribution in [0.25, 0.3) is 0 Å². The minimum Gasteiger partial charge on any atom is -0.392 e. The molecule has 0 aromatic heterocycles. The van der Waals surface area contributed by atoms with Crippen molar-refractivity contribution >= 4 is 11.6 Å². The van der Waals surface area contributed by atoms with Crippen LogP contribution in [0.5, 0.6) is 0 Å². The third-order valence-corrected chi connectivity index (χ3v) is 2.99. The smallest absolute Gasteiger partial charge is 0.238 e. The van der Waals surface area contributed by atoms with Crippen LogP contribution in [0.1, 0.15) is 26.3 Å². The topological polar surface area (TPSA) is 52.6 Å². The summed E-state index contributed by atoms with van der Waals surface area (Å²) in [6, 6.07) is 7.92. The van der Waals surface area contributed by atoms with Crippen LogP contribution >= 0.6 is 0 Å². The summed E-state index contributed by atoms with van der Waals surface area (Å²) in [6.07, 6.45) is -0.436. The van der Waals surface area contributed by atoms with Gasteiger partial charge >= 0.3 is 0 Å². The molecule has 1 aromatic carbocycles. The van der Waals surface area contributed by atoms with E-state index in [1.54, 1.807) is 6.92 Å². The number of amides is 1. The lowest BCUT2D eigenvalue weighted by molar-refractivity contribution is -0.118. The number of rotatable bonds is 6. The third-order valence-electron chi connectivity index (χ3n) is 2.99. The highest BCUT2D eigenvalue weighted by Crippen LogP contribution is 2.13. The van der Waals surface area contributed by atoms with Gasteiger partial charge in [-0.1, -0.05) is 18.2 Å². The van der Waals surface area contributed by atoms with E-state index >= 15 is 0 Å². The third kappa shape index (κ3) is 5.41. The Morgan fingerprint density at radius 2 is 1.95 bits per heavy atom. The van der Waals surface area contributed by atoms with Crippen LogP contribution in [0, 0.1) is 6.92 Å². The fraction of sp³-hybridized carbons (Fsp3) is 0.533. The van der Waals surface area contributed by atoms with Crippen molar-refractivity contribution < 1.29 is 9.90 Å². The van der Waals surface area contributed by atoms with Crippen molar-refractivity contribution in [1.82, 2.24) is 4.90 Å². The zero-order chi connectivity index (χ0) is 14.4. The number of aliphatic hydroxyl groups excluding tert-OH is 1. The van der Waals surface area contributed by atoms with Crippen LogP contribution < -0.4 is 5.32 Å².